The van der Waals surface area contributed by atoms with Crippen LogP contribution in [-0.2, 0) is 20.8 Å². The van der Waals surface area contributed by atoms with E-state index >= 15 is 0 Å². The molecule has 2 amide bonds. The van der Waals surface area contributed by atoms with Crippen LogP contribution in [0.25, 0.3) is 11.1 Å². The molecule has 1 aliphatic heterocycles. The molecule has 180 valence electrons. The van der Waals surface area contributed by atoms with Crippen molar-refractivity contribution in [2.75, 3.05) is 19.8 Å². The van der Waals surface area contributed by atoms with E-state index in [9.17, 15) is 14.4 Å². The van der Waals surface area contributed by atoms with Crippen molar-refractivity contribution in [3.63, 3.8) is 0 Å². The summed E-state index contributed by atoms with van der Waals surface area (Å²) in [6.07, 6.45) is -0.430. The molecule has 9 nitrogen and oxygen atoms in total. The van der Waals surface area contributed by atoms with Gasteiger partial charge in [-0.3, -0.25) is 4.79 Å². The number of carbonyl (C=O) groups is 3. The van der Waals surface area contributed by atoms with Gasteiger partial charge in [0.1, 0.15) is 17.9 Å². The van der Waals surface area contributed by atoms with E-state index in [0.717, 1.165) is 22.3 Å². The SMILES string of the molecule is O=C(NC1(C(=O)NCc2ccc(C(=O)O)o2)CCOC1)OCC1c2ccccc2-c2ccccc21. The number of nitrogens with one attached hydrogen (secondary N) is 2. The molecule has 2 aromatic carbocycles. The fourth-order valence-corrected chi connectivity index (χ4v) is 4.65. The summed E-state index contributed by atoms with van der Waals surface area (Å²) >= 11 is 0. The summed E-state index contributed by atoms with van der Waals surface area (Å²) in [5.41, 5.74) is 3.15. The predicted molar refractivity (Wildman–Crippen MR) is 124 cm³/mol. The number of rotatable bonds is 7. The lowest BCUT2D eigenvalue weighted by molar-refractivity contribution is -0.127. The molecule has 1 saturated heterocycles. The molecule has 1 fully saturated rings. The summed E-state index contributed by atoms with van der Waals surface area (Å²) < 4.78 is 16.2. The zero-order valence-electron chi connectivity index (χ0n) is 18.8. The molecular weight excluding hydrogens is 452 g/mol. The van der Waals surface area contributed by atoms with E-state index in [0.29, 0.717) is 6.61 Å². The molecule has 3 aromatic rings. The quantitative estimate of drug-likeness (QED) is 0.478. The zero-order chi connectivity index (χ0) is 24.4. The van der Waals surface area contributed by atoms with Crippen molar-refractivity contribution < 1.29 is 33.4 Å². The molecule has 1 atom stereocenters. The number of hydrogen-bond acceptors (Lipinski definition) is 6. The number of benzene rings is 2. The molecule has 0 saturated carbocycles. The Hall–Kier alpha value is -4.11. The zero-order valence-corrected chi connectivity index (χ0v) is 18.8. The Balaban J connectivity index is 1.23. The van der Waals surface area contributed by atoms with Crippen LogP contribution in [0, 0.1) is 0 Å². The van der Waals surface area contributed by atoms with E-state index in [2.05, 4.69) is 22.8 Å². The third-order valence-corrected chi connectivity index (χ3v) is 6.44. The molecule has 0 radical (unpaired) electrons. The summed E-state index contributed by atoms with van der Waals surface area (Å²) in [6, 6.07) is 18.9. The van der Waals surface area contributed by atoms with E-state index in [-0.39, 0.29) is 43.6 Å². The Labute approximate surface area is 201 Å². The normalized spacial score (nSPS) is 18.5. The van der Waals surface area contributed by atoms with Crippen LogP contribution in [0.15, 0.2) is 65.1 Å². The highest BCUT2D eigenvalue weighted by atomic mass is 16.6. The van der Waals surface area contributed by atoms with Crippen LogP contribution in [0.3, 0.4) is 0 Å². The van der Waals surface area contributed by atoms with Crippen molar-refractivity contribution in [3.8, 4) is 11.1 Å². The molecule has 35 heavy (non-hydrogen) atoms. The number of carboxylic acid groups (broad SMARTS) is 1. The van der Waals surface area contributed by atoms with Gasteiger partial charge < -0.3 is 29.6 Å². The third kappa shape index (κ3) is 4.38. The number of amides is 2. The monoisotopic (exact) mass is 476 g/mol. The number of carboxylic acids is 1. The fourth-order valence-electron chi connectivity index (χ4n) is 4.65. The first kappa shape index (κ1) is 22.7. The Bertz CT molecular complexity index is 1230. The molecule has 1 aromatic heterocycles. The third-order valence-electron chi connectivity index (χ3n) is 6.44. The largest absolute Gasteiger partial charge is 0.475 e. The van der Waals surface area contributed by atoms with Gasteiger partial charge in [0.05, 0.1) is 13.2 Å². The van der Waals surface area contributed by atoms with Crippen molar-refractivity contribution in [2.24, 2.45) is 0 Å². The minimum absolute atomic E-state index is 0.00155. The van der Waals surface area contributed by atoms with Gasteiger partial charge in [-0.1, -0.05) is 48.5 Å². The smallest absolute Gasteiger partial charge is 0.408 e. The average Bonchev–Trinajstić information content (AvgIpc) is 3.60. The summed E-state index contributed by atoms with van der Waals surface area (Å²) in [6.45, 7) is 0.408. The van der Waals surface area contributed by atoms with E-state index in [4.69, 9.17) is 19.0 Å². The van der Waals surface area contributed by atoms with Gasteiger partial charge in [-0.05, 0) is 34.4 Å². The van der Waals surface area contributed by atoms with E-state index < -0.39 is 23.5 Å². The van der Waals surface area contributed by atoms with Gasteiger partial charge in [-0.2, -0.15) is 0 Å². The van der Waals surface area contributed by atoms with Gasteiger partial charge in [0.25, 0.3) is 0 Å². The molecule has 0 bridgehead atoms. The van der Waals surface area contributed by atoms with E-state index in [1.807, 2.05) is 36.4 Å². The van der Waals surface area contributed by atoms with Crippen LogP contribution in [0.1, 0.15) is 39.8 Å². The van der Waals surface area contributed by atoms with Crippen molar-refractivity contribution in [2.45, 2.75) is 24.4 Å². The fraction of sp³-hybridized carbons (Fsp3) is 0.269. The average molecular weight is 476 g/mol. The molecule has 1 aliphatic carbocycles. The van der Waals surface area contributed by atoms with Crippen molar-refractivity contribution in [1.82, 2.24) is 10.6 Å². The lowest BCUT2D eigenvalue weighted by atomic mass is 9.97. The minimum Gasteiger partial charge on any atom is -0.475 e. The predicted octanol–water partition coefficient (Wildman–Crippen LogP) is 3.29. The first-order chi connectivity index (χ1) is 17.0. The van der Waals surface area contributed by atoms with Gasteiger partial charge in [0.2, 0.25) is 11.7 Å². The Morgan fingerprint density at radius 3 is 2.29 bits per heavy atom. The van der Waals surface area contributed by atoms with Crippen molar-refractivity contribution in [1.29, 1.82) is 0 Å². The number of carbonyl (C=O) groups excluding carboxylic acids is 2. The highest BCUT2D eigenvalue weighted by Crippen LogP contribution is 2.44. The minimum atomic E-state index is -1.29. The van der Waals surface area contributed by atoms with Crippen LogP contribution >= 0.6 is 0 Å². The van der Waals surface area contributed by atoms with E-state index in [1.54, 1.807) is 0 Å². The molecule has 9 heteroatoms. The van der Waals surface area contributed by atoms with Crippen molar-refractivity contribution >= 4 is 18.0 Å². The van der Waals surface area contributed by atoms with Gasteiger partial charge in [0.15, 0.2) is 0 Å². The Morgan fingerprint density at radius 1 is 1.00 bits per heavy atom. The number of fused-ring (bicyclic) bond motifs is 3. The summed E-state index contributed by atoms with van der Waals surface area (Å²) in [7, 11) is 0. The number of hydrogen-bond donors (Lipinski definition) is 3. The topological polar surface area (TPSA) is 127 Å². The molecule has 1 unspecified atom stereocenters. The van der Waals surface area contributed by atoms with Gasteiger partial charge >= 0.3 is 12.1 Å². The Kier molecular flexibility index (Phi) is 6.00. The summed E-state index contributed by atoms with van der Waals surface area (Å²) in [5.74, 6) is -1.69. The number of aromatic carboxylic acids is 1. The highest BCUT2D eigenvalue weighted by molar-refractivity contribution is 5.90. The van der Waals surface area contributed by atoms with Gasteiger partial charge in [0, 0.05) is 18.9 Å². The second kappa shape index (κ2) is 9.27. The van der Waals surface area contributed by atoms with Crippen LogP contribution in [0.2, 0.25) is 0 Å². The number of ether oxygens (including phenoxy) is 2. The van der Waals surface area contributed by atoms with E-state index in [1.165, 1.54) is 12.1 Å². The highest BCUT2D eigenvalue weighted by Gasteiger charge is 2.44. The van der Waals surface area contributed by atoms with Crippen LogP contribution in [0.5, 0.6) is 0 Å². The number of furan rings is 1. The Morgan fingerprint density at radius 2 is 1.69 bits per heavy atom. The van der Waals surface area contributed by atoms with Crippen molar-refractivity contribution in [3.05, 3.63) is 83.3 Å². The molecule has 3 N–H and O–H groups in total. The maximum Gasteiger partial charge on any atom is 0.408 e. The van der Waals surface area contributed by atoms with Gasteiger partial charge in [-0.25, -0.2) is 9.59 Å². The lowest BCUT2D eigenvalue weighted by Gasteiger charge is -2.27. The molecular formula is C26H24N2O7. The first-order valence-electron chi connectivity index (χ1n) is 11.3. The first-order valence-corrected chi connectivity index (χ1v) is 11.3. The van der Waals surface area contributed by atoms with Crippen LogP contribution in [0.4, 0.5) is 4.79 Å². The van der Waals surface area contributed by atoms with Crippen LogP contribution in [-0.4, -0.2) is 48.4 Å². The standard InChI is InChI=1S/C26H24N2O7/c29-23(30)22-10-9-16(35-22)13-27-24(31)26(11-12-33-15-26)28-25(32)34-14-21-19-7-3-1-5-17(19)18-6-2-4-8-20(18)21/h1-10,21H,11-15H2,(H,27,31)(H,28,32)(H,29,30). The lowest BCUT2D eigenvalue weighted by Crippen LogP contribution is -2.59. The number of alkyl carbamates (subject to hydrolysis) is 1. The summed E-state index contributed by atoms with van der Waals surface area (Å²) in [4.78, 5) is 36.7. The molecule has 5 rings (SSSR count). The van der Waals surface area contributed by atoms with Gasteiger partial charge in [-0.15, -0.1) is 0 Å². The second-order valence-corrected chi connectivity index (χ2v) is 8.59. The molecule has 2 aliphatic rings. The summed E-state index contributed by atoms with van der Waals surface area (Å²) in [5, 5.41) is 14.4. The molecule has 0 spiro atoms. The maximum atomic E-state index is 13.0. The van der Waals surface area contributed by atoms with Crippen LogP contribution < -0.4 is 10.6 Å². The molecule has 2 heterocycles. The maximum absolute atomic E-state index is 13.0. The second-order valence-electron chi connectivity index (χ2n) is 8.59.